The van der Waals surface area contributed by atoms with Crippen molar-refractivity contribution in [1.29, 1.82) is 0 Å². The van der Waals surface area contributed by atoms with E-state index in [9.17, 15) is 9.18 Å². The molecule has 3 aromatic rings. The van der Waals surface area contributed by atoms with E-state index in [1.807, 2.05) is 0 Å². The second-order valence-electron chi connectivity index (χ2n) is 6.08. The first-order valence-corrected chi connectivity index (χ1v) is 10.9. The Balaban J connectivity index is 1.59. The average Bonchev–Trinajstić information content (AvgIpc) is 3.00. The highest BCUT2D eigenvalue weighted by Crippen LogP contribution is 2.38. The lowest BCUT2D eigenvalue weighted by molar-refractivity contribution is -0.113. The first kappa shape index (κ1) is 22.0. The molecule has 2 aromatic carbocycles. The SMILES string of the molecule is O=C1/C(=C/c2cccc(Oc3nc(Cl)ncc3F)c2)SC(=S)N1c1ccc(Cl)c(Cl)c1. The van der Waals surface area contributed by atoms with Crippen LogP contribution in [0.2, 0.25) is 15.3 Å². The fraction of sp³-hybridized carbons (Fsp3) is 0. The molecule has 0 N–H and O–H groups in total. The van der Waals surface area contributed by atoms with E-state index in [0.717, 1.165) is 18.0 Å². The molecule has 0 bridgehead atoms. The average molecular weight is 513 g/mol. The Morgan fingerprint density at radius 3 is 2.71 bits per heavy atom. The lowest BCUT2D eigenvalue weighted by atomic mass is 10.2. The van der Waals surface area contributed by atoms with Gasteiger partial charge in [-0.1, -0.05) is 59.3 Å². The van der Waals surface area contributed by atoms with Crippen LogP contribution in [0, 0.1) is 5.82 Å². The molecule has 0 saturated carbocycles. The third kappa shape index (κ3) is 4.83. The number of rotatable bonds is 4. The highest BCUT2D eigenvalue weighted by Gasteiger charge is 2.33. The van der Waals surface area contributed by atoms with Crippen LogP contribution in [0.4, 0.5) is 10.1 Å². The van der Waals surface area contributed by atoms with Crippen LogP contribution in [0.25, 0.3) is 6.08 Å². The molecule has 5 nitrogen and oxygen atoms in total. The first-order chi connectivity index (χ1) is 14.8. The van der Waals surface area contributed by atoms with Crippen LogP contribution < -0.4 is 9.64 Å². The van der Waals surface area contributed by atoms with Gasteiger partial charge in [0.15, 0.2) is 4.32 Å². The standard InChI is InChI=1S/C20H9Cl3FN3O2S2/c21-13-5-4-11(8-14(13)22)27-18(28)16(31-20(27)30)7-10-2-1-3-12(6-10)29-17-15(24)9-25-19(23)26-17/h1-9H/b16-7-. The fourth-order valence-electron chi connectivity index (χ4n) is 2.65. The molecule has 1 aliphatic heterocycles. The predicted molar refractivity (Wildman–Crippen MR) is 126 cm³/mol. The summed E-state index contributed by atoms with van der Waals surface area (Å²) in [5.41, 5.74) is 1.17. The van der Waals surface area contributed by atoms with Gasteiger partial charge in [0.1, 0.15) is 5.75 Å². The van der Waals surface area contributed by atoms with E-state index in [1.54, 1.807) is 48.5 Å². The molecule has 1 fully saturated rings. The number of thioether (sulfide) groups is 1. The van der Waals surface area contributed by atoms with Crippen molar-refractivity contribution in [3.05, 3.63) is 80.3 Å². The molecule has 0 unspecified atom stereocenters. The molecule has 1 aliphatic rings. The number of nitrogens with zero attached hydrogens (tertiary/aromatic N) is 3. The first-order valence-electron chi connectivity index (χ1n) is 8.51. The van der Waals surface area contributed by atoms with Gasteiger partial charge in [-0.25, -0.2) is 4.98 Å². The van der Waals surface area contributed by atoms with Crippen LogP contribution in [0.15, 0.2) is 53.6 Å². The minimum Gasteiger partial charge on any atom is -0.436 e. The number of hydrogen-bond donors (Lipinski definition) is 0. The normalized spacial score (nSPS) is 15.1. The minimum atomic E-state index is -0.753. The molecule has 1 saturated heterocycles. The van der Waals surface area contributed by atoms with Crippen LogP contribution in [-0.4, -0.2) is 20.2 Å². The van der Waals surface area contributed by atoms with Crippen molar-refractivity contribution in [2.24, 2.45) is 0 Å². The number of aromatic nitrogens is 2. The number of anilines is 1. The molecule has 4 rings (SSSR count). The zero-order valence-corrected chi connectivity index (χ0v) is 19.1. The molecule has 0 atom stereocenters. The molecule has 156 valence electrons. The van der Waals surface area contributed by atoms with E-state index in [4.69, 9.17) is 51.8 Å². The lowest BCUT2D eigenvalue weighted by Gasteiger charge is -2.15. The van der Waals surface area contributed by atoms with Gasteiger partial charge in [-0.3, -0.25) is 9.69 Å². The zero-order chi connectivity index (χ0) is 22.1. The van der Waals surface area contributed by atoms with Gasteiger partial charge in [-0.05, 0) is 53.6 Å². The summed E-state index contributed by atoms with van der Waals surface area (Å²) in [6.07, 6.45) is 2.58. The smallest absolute Gasteiger partial charge is 0.270 e. The van der Waals surface area contributed by atoms with Crippen molar-refractivity contribution in [2.75, 3.05) is 4.90 Å². The van der Waals surface area contributed by atoms with E-state index >= 15 is 0 Å². The molecular weight excluding hydrogens is 504 g/mol. The van der Waals surface area contributed by atoms with Gasteiger partial charge in [-0.15, -0.1) is 0 Å². The summed E-state index contributed by atoms with van der Waals surface area (Å²) in [7, 11) is 0. The number of amides is 1. The maximum absolute atomic E-state index is 13.8. The van der Waals surface area contributed by atoms with Gasteiger partial charge in [0, 0.05) is 0 Å². The Morgan fingerprint density at radius 2 is 1.94 bits per heavy atom. The third-order valence-electron chi connectivity index (χ3n) is 4.01. The van der Waals surface area contributed by atoms with Crippen molar-refractivity contribution in [3.8, 4) is 11.6 Å². The zero-order valence-electron chi connectivity index (χ0n) is 15.2. The molecule has 11 heteroatoms. The van der Waals surface area contributed by atoms with E-state index in [1.165, 1.54) is 4.90 Å². The summed E-state index contributed by atoms with van der Waals surface area (Å²) in [4.78, 5) is 22.0. The Morgan fingerprint density at radius 1 is 1.13 bits per heavy atom. The number of carbonyl (C=O) groups is 1. The van der Waals surface area contributed by atoms with Gasteiger partial charge in [0.05, 0.1) is 26.8 Å². The van der Waals surface area contributed by atoms with Crippen LogP contribution >= 0.6 is 58.8 Å². The second-order valence-corrected chi connectivity index (χ2v) is 8.91. The van der Waals surface area contributed by atoms with Crippen LogP contribution in [0.5, 0.6) is 11.6 Å². The van der Waals surface area contributed by atoms with Gasteiger partial charge in [0.2, 0.25) is 11.1 Å². The van der Waals surface area contributed by atoms with E-state index in [-0.39, 0.29) is 17.1 Å². The Bertz CT molecular complexity index is 1260. The number of carbonyl (C=O) groups excluding carboxylic acids is 1. The largest absolute Gasteiger partial charge is 0.436 e. The van der Waals surface area contributed by atoms with Gasteiger partial charge in [-0.2, -0.15) is 9.37 Å². The van der Waals surface area contributed by atoms with Crippen molar-refractivity contribution in [1.82, 2.24) is 9.97 Å². The Kier molecular flexibility index (Phi) is 6.45. The van der Waals surface area contributed by atoms with Gasteiger partial charge >= 0.3 is 0 Å². The number of halogens is 4. The van der Waals surface area contributed by atoms with Gasteiger partial charge in [0.25, 0.3) is 11.8 Å². The molecule has 1 aromatic heterocycles. The van der Waals surface area contributed by atoms with Crippen molar-refractivity contribution >= 4 is 80.8 Å². The van der Waals surface area contributed by atoms with Crippen molar-refractivity contribution < 1.29 is 13.9 Å². The molecule has 31 heavy (non-hydrogen) atoms. The van der Waals surface area contributed by atoms with Crippen molar-refractivity contribution in [3.63, 3.8) is 0 Å². The highest BCUT2D eigenvalue weighted by atomic mass is 35.5. The summed E-state index contributed by atoms with van der Waals surface area (Å²) in [5, 5.41) is 0.558. The van der Waals surface area contributed by atoms with Crippen LogP contribution in [0.1, 0.15) is 5.56 Å². The van der Waals surface area contributed by atoms with E-state index in [2.05, 4.69) is 9.97 Å². The maximum atomic E-state index is 13.8. The summed E-state index contributed by atoms with van der Waals surface area (Å²) in [5.74, 6) is -1.05. The summed E-state index contributed by atoms with van der Waals surface area (Å²) < 4.78 is 19.7. The minimum absolute atomic E-state index is 0.140. The molecule has 2 heterocycles. The predicted octanol–water partition coefficient (Wildman–Crippen LogP) is 6.77. The third-order valence-corrected chi connectivity index (χ3v) is 6.23. The van der Waals surface area contributed by atoms with E-state index < -0.39 is 5.82 Å². The van der Waals surface area contributed by atoms with Gasteiger partial charge < -0.3 is 4.74 Å². The highest BCUT2D eigenvalue weighted by molar-refractivity contribution is 8.27. The lowest BCUT2D eigenvalue weighted by Crippen LogP contribution is -2.27. The quantitative estimate of drug-likeness (QED) is 0.218. The van der Waals surface area contributed by atoms with Crippen LogP contribution in [-0.2, 0) is 4.79 Å². The number of benzene rings is 2. The summed E-state index contributed by atoms with van der Waals surface area (Å²) >= 11 is 24.2. The van der Waals surface area contributed by atoms with E-state index in [0.29, 0.717) is 36.3 Å². The Hall–Kier alpha value is -2.23. The topological polar surface area (TPSA) is 55.3 Å². The number of ether oxygens (including phenoxy) is 1. The molecule has 1 amide bonds. The molecular formula is C20H9Cl3FN3O2S2. The number of hydrogen-bond acceptors (Lipinski definition) is 6. The summed E-state index contributed by atoms with van der Waals surface area (Å²) in [6.45, 7) is 0. The number of thiocarbonyl (C=S) groups is 1. The monoisotopic (exact) mass is 511 g/mol. The molecule has 0 radical (unpaired) electrons. The summed E-state index contributed by atoms with van der Waals surface area (Å²) in [6, 6.07) is 11.5. The van der Waals surface area contributed by atoms with Crippen molar-refractivity contribution in [2.45, 2.75) is 0 Å². The second kappa shape index (κ2) is 9.10. The fourth-order valence-corrected chi connectivity index (χ4v) is 4.36. The molecule has 0 aliphatic carbocycles. The van der Waals surface area contributed by atoms with Crippen LogP contribution in [0.3, 0.4) is 0 Å². The molecule has 0 spiro atoms. The maximum Gasteiger partial charge on any atom is 0.270 e. The Labute approximate surface area is 200 Å².